The smallest absolute Gasteiger partial charge is 0.255 e. The van der Waals surface area contributed by atoms with E-state index in [9.17, 15) is 19.1 Å². The maximum absolute atomic E-state index is 14.3. The molecular weight excluding hydrogens is 425 g/mol. The maximum Gasteiger partial charge on any atom is 0.255 e. The lowest BCUT2D eigenvalue weighted by Gasteiger charge is -2.25. The van der Waals surface area contributed by atoms with Crippen LogP contribution in [-0.2, 0) is 9.53 Å². The molecule has 0 saturated carbocycles. The normalized spacial score (nSPS) is 14.0. The Balaban J connectivity index is 1.44. The Labute approximate surface area is 190 Å². The predicted octanol–water partition coefficient (Wildman–Crippen LogP) is 3.72. The van der Waals surface area contributed by atoms with Gasteiger partial charge in [0.2, 0.25) is 5.91 Å². The number of ether oxygens (including phenoxy) is 1. The summed E-state index contributed by atoms with van der Waals surface area (Å²) >= 11 is 0. The second-order valence-corrected chi connectivity index (χ2v) is 7.69. The molecule has 0 radical (unpaired) electrons. The van der Waals surface area contributed by atoms with E-state index in [4.69, 9.17) is 4.74 Å². The van der Waals surface area contributed by atoms with Gasteiger partial charge in [0, 0.05) is 24.3 Å². The van der Waals surface area contributed by atoms with E-state index in [0.717, 1.165) is 17.2 Å². The van der Waals surface area contributed by atoms with Crippen LogP contribution in [0.15, 0.2) is 66.7 Å². The van der Waals surface area contributed by atoms with Gasteiger partial charge in [0.15, 0.2) is 11.6 Å². The lowest BCUT2D eigenvalue weighted by atomic mass is 10.1. The number of carbonyl (C=O) groups is 2. The molecule has 8 heteroatoms. The van der Waals surface area contributed by atoms with Crippen molar-refractivity contribution < 1.29 is 23.8 Å². The van der Waals surface area contributed by atoms with Crippen molar-refractivity contribution in [1.29, 1.82) is 0 Å². The van der Waals surface area contributed by atoms with E-state index in [2.05, 4.69) is 10.6 Å². The molecule has 0 atom stereocenters. The van der Waals surface area contributed by atoms with E-state index in [1.807, 2.05) is 47.4 Å². The van der Waals surface area contributed by atoms with Crippen LogP contribution in [0.4, 0.5) is 15.8 Å². The van der Waals surface area contributed by atoms with E-state index >= 15 is 0 Å². The number of halogens is 1. The van der Waals surface area contributed by atoms with Crippen molar-refractivity contribution in [3.8, 4) is 16.9 Å². The SMILES string of the molecule is O=C(CN1CCOCC1)Nc1cc(C(=O)Nc2ccc(-c3ccccc3)cc2)cc(F)c1O. The number of hydrogen-bond donors (Lipinski definition) is 3. The summed E-state index contributed by atoms with van der Waals surface area (Å²) in [5.41, 5.74) is 2.39. The maximum atomic E-state index is 14.3. The van der Waals surface area contributed by atoms with Crippen LogP contribution in [0.1, 0.15) is 10.4 Å². The van der Waals surface area contributed by atoms with Gasteiger partial charge in [-0.05, 0) is 35.4 Å². The lowest BCUT2D eigenvalue weighted by molar-refractivity contribution is -0.118. The van der Waals surface area contributed by atoms with Crippen molar-refractivity contribution in [3.63, 3.8) is 0 Å². The molecule has 1 aliphatic rings. The summed E-state index contributed by atoms with van der Waals surface area (Å²) in [5, 5.41) is 15.2. The molecule has 0 spiro atoms. The third-order valence-corrected chi connectivity index (χ3v) is 5.32. The van der Waals surface area contributed by atoms with Gasteiger partial charge in [-0.2, -0.15) is 0 Å². The first-order valence-corrected chi connectivity index (χ1v) is 10.6. The van der Waals surface area contributed by atoms with Gasteiger partial charge in [-0.3, -0.25) is 14.5 Å². The molecule has 0 bridgehead atoms. The number of carbonyl (C=O) groups excluding carboxylic acids is 2. The van der Waals surface area contributed by atoms with Crippen molar-refractivity contribution in [2.75, 3.05) is 43.5 Å². The molecule has 4 rings (SSSR count). The van der Waals surface area contributed by atoms with Crippen LogP contribution in [0.25, 0.3) is 11.1 Å². The Hall–Kier alpha value is -3.75. The summed E-state index contributed by atoms with van der Waals surface area (Å²) in [7, 11) is 0. The molecule has 3 N–H and O–H groups in total. The zero-order valence-corrected chi connectivity index (χ0v) is 17.9. The number of nitrogens with zero attached hydrogens (tertiary/aromatic N) is 1. The van der Waals surface area contributed by atoms with E-state index in [-0.39, 0.29) is 17.8 Å². The minimum Gasteiger partial charge on any atom is -0.503 e. The Morgan fingerprint density at radius 1 is 0.939 bits per heavy atom. The standard InChI is InChI=1S/C25H24FN3O4/c26-21-14-19(15-22(24(21)31)28-23(30)16-29-10-12-33-13-11-29)25(32)27-20-8-6-18(7-9-20)17-4-2-1-3-5-17/h1-9,14-15,31H,10-13,16H2,(H,27,32)(H,28,30). The first-order chi connectivity index (χ1) is 16.0. The molecular formula is C25H24FN3O4. The minimum absolute atomic E-state index is 0.0286. The van der Waals surface area contributed by atoms with Crippen LogP contribution in [0, 0.1) is 5.82 Å². The van der Waals surface area contributed by atoms with Gasteiger partial charge in [-0.25, -0.2) is 4.39 Å². The van der Waals surface area contributed by atoms with Gasteiger partial charge in [-0.15, -0.1) is 0 Å². The van der Waals surface area contributed by atoms with E-state index in [1.54, 1.807) is 12.1 Å². The number of amides is 2. The third kappa shape index (κ3) is 5.74. The lowest BCUT2D eigenvalue weighted by Crippen LogP contribution is -2.41. The molecule has 0 unspecified atom stereocenters. The molecule has 33 heavy (non-hydrogen) atoms. The van der Waals surface area contributed by atoms with Crippen molar-refractivity contribution in [2.45, 2.75) is 0 Å². The third-order valence-electron chi connectivity index (χ3n) is 5.32. The average Bonchev–Trinajstić information content (AvgIpc) is 2.83. The highest BCUT2D eigenvalue weighted by Gasteiger charge is 2.19. The highest BCUT2D eigenvalue weighted by Crippen LogP contribution is 2.29. The van der Waals surface area contributed by atoms with Gasteiger partial charge in [-0.1, -0.05) is 42.5 Å². The van der Waals surface area contributed by atoms with Gasteiger partial charge in [0.1, 0.15) is 0 Å². The van der Waals surface area contributed by atoms with E-state index in [0.29, 0.717) is 32.0 Å². The number of phenols is 1. The summed E-state index contributed by atoms with van der Waals surface area (Å²) in [5.74, 6) is -2.69. The number of hydrogen-bond acceptors (Lipinski definition) is 5. The topological polar surface area (TPSA) is 90.9 Å². The number of benzene rings is 3. The fourth-order valence-electron chi connectivity index (χ4n) is 3.56. The van der Waals surface area contributed by atoms with Crippen molar-refractivity contribution in [3.05, 3.63) is 78.1 Å². The Morgan fingerprint density at radius 3 is 2.30 bits per heavy atom. The zero-order valence-electron chi connectivity index (χ0n) is 17.9. The van der Waals surface area contributed by atoms with Crippen molar-refractivity contribution >= 4 is 23.2 Å². The molecule has 7 nitrogen and oxygen atoms in total. The molecule has 1 fully saturated rings. The summed E-state index contributed by atoms with van der Waals surface area (Å²) in [6.45, 7) is 2.37. The van der Waals surface area contributed by atoms with E-state index < -0.39 is 23.4 Å². The molecule has 0 aromatic heterocycles. The predicted molar refractivity (Wildman–Crippen MR) is 124 cm³/mol. The quantitative estimate of drug-likeness (QED) is 0.499. The van der Waals surface area contributed by atoms with Crippen LogP contribution in [0.5, 0.6) is 5.75 Å². The average molecular weight is 449 g/mol. The summed E-state index contributed by atoms with van der Waals surface area (Å²) < 4.78 is 19.5. The summed E-state index contributed by atoms with van der Waals surface area (Å²) in [6.07, 6.45) is 0. The number of phenolic OH excluding ortho intramolecular Hbond substituents is 1. The first-order valence-electron chi connectivity index (χ1n) is 10.6. The molecule has 3 aromatic rings. The summed E-state index contributed by atoms with van der Waals surface area (Å²) in [4.78, 5) is 26.9. The summed E-state index contributed by atoms with van der Waals surface area (Å²) in [6, 6.07) is 19.2. The number of rotatable bonds is 6. The molecule has 1 saturated heterocycles. The number of anilines is 2. The molecule has 3 aromatic carbocycles. The largest absolute Gasteiger partial charge is 0.503 e. The minimum atomic E-state index is -0.997. The first kappa shape index (κ1) is 22.4. The van der Waals surface area contributed by atoms with Crippen LogP contribution in [0.3, 0.4) is 0 Å². The van der Waals surface area contributed by atoms with Crippen LogP contribution < -0.4 is 10.6 Å². The Morgan fingerprint density at radius 2 is 1.61 bits per heavy atom. The highest BCUT2D eigenvalue weighted by molar-refractivity contribution is 6.06. The van der Waals surface area contributed by atoms with Gasteiger partial charge < -0.3 is 20.5 Å². The van der Waals surface area contributed by atoms with Crippen LogP contribution >= 0.6 is 0 Å². The number of morpholine rings is 1. The molecule has 1 aliphatic heterocycles. The molecule has 0 aliphatic carbocycles. The highest BCUT2D eigenvalue weighted by atomic mass is 19.1. The number of aromatic hydroxyl groups is 1. The fraction of sp³-hybridized carbons (Fsp3) is 0.200. The molecule has 170 valence electrons. The Kier molecular flexibility index (Phi) is 6.97. The molecule has 1 heterocycles. The second-order valence-electron chi connectivity index (χ2n) is 7.69. The van der Waals surface area contributed by atoms with Gasteiger partial charge >= 0.3 is 0 Å². The Bertz CT molecular complexity index is 1130. The van der Waals surface area contributed by atoms with Crippen LogP contribution in [0.2, 0.25) is 0 Å². The van der Waals surface area contributed by atoms with E-state index in [1.165, 1.54) is 6.07 Å². The van der Waals surface area contributed by atoms with Gasteiger partial charge in [0.25, 0.3) is 5.91 Å². The van der Waals surface area contributed by atoms with Crippen LogP contribution in [-0.4, -0.2) is 54.7 Å². The fourth-order valence-corrected chi connectivity index (χ4v) is 3.56. The van der Waals surface area contributed by atoms with Crippen molar-refractivity contribution in [1.82, 2.24) is 4.90 Å². The monoisotopic (exact) mass is 449 g/mol. The zero-order chi connectivity index (χ0) is 23.2. The van der Waals surface area contributed by atoms with Crippen molar-refractivity contribution in [2.24, 2.45) is 0 Å². The molecule has 2 amide bonds. The second kappa shape index (κ2) is 10.2. The number of nitrogens with one attached hydrogen (secondary N) is 2. The van der Waals surface area contributed by atoms with Gasteiger partial charge in [0.05, 0.1) is 25.4 Å².